The zero-order valence-electron chi connectivity index (χ0n) is 11.8. The fraction of sp³-hybridized carbons (Fsp3) is 0.143. The van der Waals surface area contributed by atoms with Gasteiger partial charge in [-0.2, -0.15) is 0 Å². The molecule has 0 fully saturated rings. The molecule has 1 rings (SSSR count). The monoisotopic (exact) mass is 321 g/mol. The van der Waals surface area contributed by atoms with Crippen LogP contribution < -0.4 is 16.4 Å². The van der Waals surface area contributed by atoms with E-state index in [1.165, 1.54) is 6.07 Å². The molecule has 0 radical (unpaired) electrons. The van der Waals surface area contributed by atoms with Crippen LogP contribution in [-0.4, -0.2) is 29.5 Å². The van der Waals surface area contributed by atoms with Crippen LogP contribution in [0.25, 0.3) is 0 Å². The molecule has 0 atom stereocenters. The molecule has 22 heavy (non-hydrogen) atoms. The van der Waals surface area contributed by atoms with Gasteiger partial charge in [-0.1, -0.05) is 12.1 Å². The van der Waals surface area contributed by atoms with E-state index >= 15 is 0 Å². The zero-order chi connectivity index (χ0) is 16.5. The minimum atomic E-state index is -0.629. The molecule has 0 aliphatic rings. The number of para-hydroxylation sites is 1. The number of nitrogens with two attached hydrogens (primary N) is 1. The van der Waals surface area contributed by atoms with Crippen molar-refractivity contribution in [2.45, 2.75) is 6.92 Å². The van der Waals surface area contributed by atoms with E-state index in [2.05, 4.69) is 15.4 Å². The zero-order valence-corrected chi connectivity index (χ0v) is 12.6. The average Bonchev–Trinajstić information content (AvgIpc) is 2.45. The fourth-order valence-electron chi connectivity index (χ4n) is 1.45. The summed E-state index contributed by atoms with van der Waals surface area (Å²) in [6.45, 7) is 1.87. The summed E-state index contributed by atoms with van der Waals surface area (Å²) in [6.07, 6.45) is 1.98. The molecule has 0 saturated heterocycles. The molecule has 1 aromatic carbocycles. The molecule has 0 unspecified atom stereocenters. The third-order valence-electron chi connectivity index (χ3n) is 2.33. The first-order chi connectivity index (χ1) is 10.4. The summed E-state index contributed by atoms with van der Waals surface area (Å²) < 4.78 is 4.63. The van der Waals surface area contributed by atoms with Gasteiger partial charge in [-0.05, 0) is 31.3 Å². The Kier molecular flexibility index (Phi) is 6.71. The van der Waals surface area contributed by atoms with Gasteiger partial charge in [0.25, 0.3) is 5.91 Å². The number of primary amides is 1. The summed E-state index contributed by atoms with van der Waals surface area (Å²) in [7, 11) is 0. The molecular formula is C14H15N3O4S. The lowest BCUT2D eigenvalue weighted by atomic mass is 10.1. The summed E-state index contributed by atoms with van der Waals surface area (Å²) in [5, 5.41) is 4.98. The lowest BCUT2D eigenvalue weighted by Gasteiger charge is -2.10. The summed E-state index contributed by atoms with van der Waals surface area (Å²) in [6, 6.07) is 6.44. The van der Waals surface area contributed by atoms with Crippen LogP contribution in [0.4, 0.5) is 5.69 Å². The third kappa shape index (κ3) is 5.71. The van der Waals surface area contributed by atoms with Gasteiger partial charge >= 0.3 is 5.97 Å². The maximum atomic E-state index is 11.5. The van der Waals surface area contributed by atoms with Crippen LogP contribution >= 0.6 is 12.2 Å². The van der Waals surface area contributed by atoms with E-state index in [0.29, 0.717) is 5.69 Å². The number of anilines is 1. The van der Waals surface area contributed by atoms with Crippen molar-refractivity contribution in [3.05, 3.63) is 42.0 Å². The highest BCUT2D eigenvalue weighted by molar-refractivity contribution is 7.80. The minimum absolute atomic E-state index is 0.0350. The van der Waals surface area contributed by atoms with Crippen molar-refractivity contribution < 1.29 is 19.1 Å². The Morgan fingerprint density at radius 2 is 1.95 bits per heavy atom. The van der Waals surface area contributed by atoms with E-state index in [0.717, 1.165) is 12.2 Å². The highest BCUT2D eigenvalue weighted by Gasteiger charge is 2.09. The second-order valence-corrected chi connectivity index (χ2v) is 4.35. The summed E-state index contributed by atoms with van der Waals surface area (Å²) in [4.78, 5) is 33.9. The van der Waals surface area contributed by atoms with Gasteiger partial charge in [0.1, 0.15) is 0 Å². The Hall–Kier alpha value is -2.74. The summed E-state index contributed by atoms with van der Waals surface area (Å²) >= 11 is 4.94. The van der Waals surface area contributed by atoms with E-state index in [1.54, 1.807) is 25.1 Å². The first-order valence-corrected chi connectivity index (χ1v) is 6.70. The van der Waals surface area contributed by atoms with E-state index in [9.17, 15) is 14.4 Å². The van der Waals surface area contributed by atoms with Gasteiger partial charge in [0.05, 0.1) is 17.9 Å². The van der Waals surface area contributed by atoms with Crippen LogP contribution in [0.1, 0.15) is 17.3 Å². The van der Waals surface area contributed by atoms with Crippen LogP contribution in [0, 0.1) is 0 Å². The van der Waals surface area contributed by atoms with E-state index in [4.69, 9.17) is 18.0 Å². The van der Waals surface area contributed by atoms with Crippen LogP contribution in [0.2, 0.25) is 0 Å². The van der Waals surface area contributed by atoms with Crippen molar-refractivity contribution in [3.63, 3.8) is 0 Å². The maximum absolute atomic E-state index is 11.5. The molecule has 2 amide bonds. The van der Waals surface area contributed by atoms with E-state index < -0.39 is 17.8 Å². The number of carbonyl (C=O) groups excluding carboxylic acids is 3. The van der Waals surface area contributed by atoms with Crippen molar-refractivity contribution in [3.8, 4) is 0 Å². The fourth-order valence-corrected chi connectivity index (χ4v) is 1.66. The first kappa shape index (κ1) is 17.3. The van der Waals surface area contributed by atoms with Crippen molar-refractivity contribution in [1.29, 1.82) is 0 Å². The molecule has 116 valence electrons. The van der Waals surface area contributed by atoms with Gasteiger partial charge in [-0.15, -0.1) is 0 Å². The minimum Gasteiger partial charge on any atom is -0.463 e. The van der Waals surface area contributed by atoms with Crippen LogP contribution in [0.15, 0.2) is 36.4 Å². The topological polar surface area (TPSA) is 111 Å². The van der Waals surface area contributed by atoms with Crippen molar-refractivity contribution >= 4 is 40.8 Å². The quantitative estimate of drug-likeness (QED) is 0.419. The van der Waals surface area contributed by atoms with Gasteiger partial charge in [-0.25, -0.2) is 4.79 Å². The molecular weight excluding hydrogens is 306 g/mol. The predicted octanol–water partition coefficient (Wildman–Crippen LogP) is 0.718. The molecule has 0 saturated carbocycles. The molecule has 1 aromatic rings. The number of esters is 1. The van der Waals surface area contributed by atoms with Crippen molar-refractivity contribution in [1.82, 2.24) is 5.32 Å². The lowest BCUT2D eigenvalue weighted by molar-refractivity contribution is -0.137. The number of rotatable bonds is 5. The highest BCUT2D eigenvalue weighted by Crippen LogP contribution is 2.13. The number of ether oxygens (including phenoxy) is 1. The van der Waals surface area contributed by atoms with Gasteiger partial charge in [-0.3, -0.25) is 14.9 Å². The molecule has 0 aliphatic heterocycles. The second-order valence-electron chi connectivity index (χ2n) is 3.94. The van der Waals surface area contributed by atoms with Gasteiger partial charge in [0, 0.05) is 12.2 Å². The number of amides is 2. The molecule has 0 heterocycles. The summed E-state index contributed by atoms with van der Waals surface area (Å²) in [5.41, 5.74) is 5.84. The standard InChI is InChI=1S/C14H15N3O4S/c1-2-21-12(19)8-7-11(18)17-14(22)16-10-6-4-3-5-9(10)13(15)20/h3-8H,2H2,1H3,(H2,15,20)(H2,16,17,18,22)/b8-7+. The molecule has 0 aliphatic carbocycles. The van der Waals surface area contributed by atoms with Crippen LogP contribution in [0.5, 0.6) is 0 Å². The molecule has 0 bridgehead atoms. The number of hydrogen-bond acceptors (Lipinski definition) is 5. The maximum Gasteiger partial charge on any atom is 0.330 e. The number of nitrogens with one attached hydrogen (secondary N) is 2. The Bertz CT molecular complexity index is 628. The van der Waals surface area contributed by atoms with Gasteiger partial charge < -0.3 is 15.8 Å². The normalized spacial score (nSPS) is 10.0. The van der Waals surface area contributed by atoms with E-state index in [-0.39, 0.29) is 17.3 Å². The highest BCUT2D eigenvalue weighted by atomic mass is 32.1. The number of benzene rings is 1. The number of thiocarbonyl (C=S) groups is 1. The second kappa shape index (κ2) is 8.53. The smallest absolute Gasteiger partial charge is 0.330 e. The number of carbonyl (C=O) groups is 3. The Balaban J connectivity index is 2.62. The van der Waals surface area contributed by atoms with Crippen LogP contribution in [0.3, 0.4) is 0 Å². The van der Waals surface area contributed by atoms with Crippen molar-refractivity contribution in [2.24, 2.45) is 5.73 Å². The van der Waals surface area contributed by atoms with Gasteiger partial charge in [0.15, 0.2) is 5.11 Å². The lowest BCUT2D eigenvalue weighted by Crippen LogP contribution is -2.33. The van der Waals surface area contributed by atoms with Gasteiger partial charge in [0.2, 0.25) is 5.91 Å². The third-order valence-corrected chi connectivity index (χ3v) is 2.54. The number of hydrogen-bond donors (Lipinski definition) is 3. The van der Waals surface area contributed by atoms with Crippen LogP contribution in [-0.2, 0) is 14.3 Å². The predicted molar refractivity (Wildman–Crippen MR) is 85.1 cm³/mol. The average molecular weight is 321 g/mol. The SMILES string of the molecule is CCOC(=O)/C=C/C(=O)NC(=S)Nc1ccccc1C(N)=O. The largest absolute Gasteiger partial charge is 0.463 e. The molecule has 8 heteroatoms. The Labute approximate surface area is 132 Å². The summed E-state index contributed by atoms with van der Waals surface area (Å²) in [5.74, 6) is -1.86. The Morgan fingerprint density at radius 3 is 2.59 bits per heavy atom. The molecule has 4 N–H and O–H groups in total. The first-order valence-electron chi connectivity index (χ1n) is 6.29. The molecule has 0 spiro atoms. The Morgan fingerprint density at radius 1 is 1.27 bits per heavy atom. The molecule has 7 nitrogen and oxygen atoms in total. The molecule has 0 aromatic heterocycles. The van der Waals surface area contributed by atoms with E-state index in [1.807, 2.05) is 0 Å². The van der Waals surface area contributed by atoms with Crippen molar-refractivity contribution in [2.75, 3.05) is 11.9 Å².